The Morgan fingerprint density at radius 3 is 2.36 bits per heavy atom. The maximum absolute atomic E-state index is 4.71. The third-order valence-electron chi connectivity index (χ3n) is 3.84. The Morgan fingerprint density at radius 2 is 1.77 bits per heavy atom. The molecule has 0 aliphatic carbocycles. The van der Waals surface area contributed by atoms with Crippen molar-refractivity contribution in [1.29, 1.82) is 0 Å². The number of anilines is 1. The molecule has 6 heteroatoms. The first-order valence-electron chi connectivity index (χ1n) is 7.75. The number of pyridine rings is 1. The van der Waals surface area contributed by atoms with Crippen LogP contribution in [-0.4, -0.2) is 87.1 Å². The highest BCUT2D eigenvalue weighted by atomic mass is 15.3. The van der Waals surface area contributed by atoms with Crippen LogP contribution in [0, 0.1) is 0 Å². The zero-order valence-electron chi connectivity index (χ0n) is 14.5. The van der Waals surface area contributed by atoms with Gasteiger partial charge in [-0.1, -0.05) is 0 Å². The van der Waals surface area contributed by atoms with E-state index >= 15 is 0 Å². The molecule has 0 aromatic carbocycles. The molecule has 1 aromatic heterocycles. The van der Waals surface area contributed by atoms with Crippen LogP contribution >= 0.6 is 0 Å². The quantitative estimate of drug-likeness (QED) is 0.610. The van der Waals surface area contributed by atoms with Crippen LogP contribution in [0.2, 0.25) is 0 Å². The number of piperazine rings is 1. The average molecular weight is 304 g/mol. The van der Waals surface area contributed by atoms with E-state index in [-0.39, 0.29) is 0 Å². The fraction of sp³-hybridized carbons (Fsp3) is 0.625. The summed E-state index contributed by atoms with van der Waals surface area (Å²) in [6.07, 6.45) is 1.89. The topological polar surface area (TPSA) is 38.2 Å². The first kappa shape index (κ1) is 16.5. The van der Waals surface area contributed by atoms with E-state index in [4.69, 9.17) is 4.99 Å². The lowest BCUT2D eigenvalue weighted by Gasteiger charge is -2.33. The van der Waals surface area contributed by atoms with Gasteiger partial charge in [0, 0.05) is 60.6 Å². The van der Waals surface area contributed by atoms with E-state index in [1.54, 1.807) is 0 Å². The number of rotatable bonds is 3. The lowest BCUT2D eigenvalue weighted by atomic mass is 10.2. The predicted octanol–water partition coefficient (Wildman–Crippen LogP) is 0.813. The molecule has 0 atom stereocenters. The molecule has 0 N–H and O–H groups in total. The molecule has 0 radical (unpaired) electrons. The SMILES string of the molecule is CN1CCN(c2cc(CN=C(N(C)C)N(C)C)ccn2)CC1. The molecule has 0 bridgehead atoms. The molecular weight excluding hydrogens is 276 g/mol. The number of hydrogen-bond acceptors (Lipinski definition) is 4. The van der Waals surface area contributed by atoms with E-state index in [9.17, 15) is 0 Å². The molecule has 2 rings (SSSR count). The van der Waals surface area contributed by atoms with Gasteiger partial charge in [0.05, 0.1) is 6.54 Å². The second-order valence-electron chi connectivity index (χ2n) is 6.22. The van der Waals surface area contributed by atoms with Gasteiger partial charge in [-0.05, 0) is 24.7 Å². The minimum atomic E-state index is 0.676. The van der Waals surface area contributed by atoms with Crippen molar-refractivity contribution in [3.63, 3.8) is 0 Å². The Bertz CT molecular complexity index is 493. The molecule has 0 saturated carbocycles. The van der Waals surface area contributed by atoms with E-state index < -0.39 is 0 Å². The van der Waals surface area contributed by atoms with Gasteiger partial charge in [-0.15, -0.1) is 0 Å². The molecule has 0 amide bonds. The van der Waals surface area contributed by atoms with E-state index in [0.717, 1.165) is 38.0 Å². The Labute approximate surface area is 134 Å². The highest BCUT2D eigenvalue weighted by molar-refractivity contribution is 5.79. The monoisotopic (exact) mass is 304 g/mol. The van der Waals surface area contributed by atoms with Crippen molar-refractivity contribution < 1.29 is 0 Å². The van der Waals surface area contributed by atoms with E-state index in [1.807, 2.05) is 50.3 Å². The Balaban J connectivity index is 2.07. The van der Waals surface area contributed by atoms with Crippen molar-refractivity contribution >= 4 is 11.8 Å². The summed E-state index contributed by atoms with van der Waals surface area (Å²) in [7, 11) is 10.2. The first-order chi connectivity index (χ1) is 10.5. The Kier molecular flexibility index (Phi) is 5.60. The maximum atomic E-state index is 4.71. The molecule has 0 unspecified atom stereocenters. The minimum absolute atomic E-state index is 0.676. The van der Waals surface area contributed by atoms with Crippen LogP contribution in [0.25, 0.3) is 0 Å². The zero-order valence-corrected chi connectivity index (χ0v) is 14.5. The standard InChI is InChI=1S/C16H28N6/c1-19(2)16(20(3)4)18-13-14-6-7-17-15(12-14)22-10-8-21(5)9-11-22/h6-7,12H,8-11,13H2,1-5H3. The molecule has 2 heterocycles. The normalized spacial score (nSPS) is 15.6. The summed E-state index contributed by atoms with van der Waals surface area (Å²) >= 11 is 0. The van der Waals surface area contributed by atoms with Crippen LogP contribution in [-0.2, 0) is 6.54 Å². The summed E-state index contributed by atoms with van der Waals surface area (Å²) in [6.45, 7) is 4.94. The molecule has 1 aliphatic rings. The van der Waals surface area contributed by atoms with Crippen LogP contribution in [0.15, 0.2) is 23.3 Å². The summed E-state index contributed by atoms with van der Waals surface area (Å²) in [4.78, 5) is 18.0. The van der Waals surface area contributed by atoms with Gasteiger partial charge in [0.25, 0.3) is 0 Å². The number of guanidine groups is 1. The van der Waals surface area contributed by atoms with Crippen molar-refractivity contribution in [2.75, 3.05) is 66.3 Å². The number of aliphatic imine (C=N–C) groups is 1. The second-order valence-corrected chi connectivity index (χ2v) is 6.22. The summed E-state index contributed by atoms with van der Waals surface area (Å²) in [6, 6.07) is 4.21. The molecule has 22 heavy (non-hydrogen) atoms. The molecule has 0 spiro atoms. The summed E-state index contributed by atoms with van der Waals surface area (Å²) < 4.78 is 0. The van der Waals surface area contributed by atoms with Crippen molar-refractivity contribution in [2.24, 2.45) is 4.99 Å². The fourth-order valence-corrected chi connectivity index (χ4v) is 2.61. The number of likely N-dealkylation sites (N-methyl/N-ethyl adjacent to an activating group) is 1. The molecule has 1 aliphatic heterocycles. The van der Waals surface area contributed by atoms with Gasteiger partial charge < -0.3 is 19.6 Å². The summed E-state index contributed by atoms with van der Waals surface area (Å²) in [5.74, 6) is 2.04. The largest absolute Gasteiger partial charge is 0.354 e. The number of hydrogen-bond donors (Lipinski definition) is 0. The van der Waals surface area contributed by atoms with Crippen molar-refractivity contribution in [1.82, 2.24) is 19.7 Å². The number of aromatic nitrogens is 1. The maximum Gasteiger partial charge on any atom is 0.195 e. The Morgan fingerprint density at radius 1 is 1.14 bits per heavy atom. The van der Waals surface area contributed by atoms with E-state index in [2.05, 4.69) is 27.9 Å². The van der Waals surface area contributed by atoms with Gasteiger partial charge in [-0.3, -0.25) is 0 Å². The average Bonchev–Trinajstić information content (AvgIpc) is 2.48. The summed E-state index contributed by atoms with van der Waals surface area (Å²) in [5.41, 5.74) is 1.20. The van der Waals surface area contributed by atoms with Crippen molar-refractivity contribution in [3.05, 3.63) is 23.9 Å². The minimum Gasteiger partial charge on any atom is -0.354 e. The lowest BCUT2D eigenvalue weighted by Crippen LogP contribution is -2.44. The highest BCUT2D eigenvalue weighted by Crippen LogP contribution is 2.15. The third kappa shape index (κ3) is 4.34. The van der Waals surface area contributed by atoms with Gasteiger partial charge in [-0.25, -0.2) is 9.98 Å². The molecule has 1 saturated heterocycles. The van der Waals surface area contributed by atoms with Crippen molar-refractivity contribution in [3.8, 4) is 0 Å². The van der Waals surface area contributed by atoms with Crippen molar-refractivity contribution in [2.45, 2.75) is 6.54 Å². The van der Waals surface area contributed by atoms with Gasteiger partial charge in [0.2, 0.25) is 0 Å². The number of nitrogens with zero attached hydrogens (tertiary/aromatic N) is 6. The van der Waals surface area contributed by atoms with Gasteiger partial charge >= 0.3 is 0 Å². The molecular formula is C16H28N6. The van der Waals surface area contributed by atoms with Gasteiger partial charge in [-0.2, -0.15) is 0 Å². The predicted molar refractivity (Wildman–Crippen MR) is 92.5 cm³/mol. The molecule has 122 valence electrons. The van der Waals surface area contributed by atoms with Crippen LogP contribution in [0.3, 0.4) is 0 Å². The first-order valence-corrected chi connectivity index (χ1v) is 7.75. The van der Waals surface area contributed by atoms with Gasteiger partial charge in [0.1, 0.15) is 5.82 Å². The van der Waals surface area contributed by atoms with Crippen LogP contribution < -0.4 is 4.90 Å². The molecule has 6 nitrogen and oxygen atoms in total. The fourth-order valence-electron chi connectivity index (χ4n) is 2.61. The lowest BCUT2D eigenvalue weighted by molar-refractivity contribution is 0.312. The van der Waals surface area contributed by atoms with Gasteiger partial charge in [0.15, 0.2) is 5.96 Å². The molecule has 1 fully saturated rings. The van der Waals surface area contributed by atoms with Crippen LogP contribution in [0.5, 0.6) is 0 Å². The van der Waals surface area contributed by atoms with E-state index in [1.165, 1.54) is 5.56 Å². The van der Waals surface area contributed by atoms with Crippen LogP contribution in [0.4, 0.5) is 5.82 Å². The highest BCUT2D eigenvalue weighted by Gasteiger charge is 2.15. The smallest absolute Gasteiger partial charge is 0.195 e. The summed E-state index contributed by atoms with van der Waals surface area (Å²) in [5, 5.41) is 0. The second kappa shape index (κ2) is 7.45. The third-order valence-corrected chi connectivity index (χ3v) is 3.84. The Hall–Kier alpha value is -1.82. The van der Waals surface area contributed by atoms with Crippen LogP contribution in [0.1, 0.15) is 5.56 Å². The van der Waals surface area contributed by atoms with E-state index in [0.29, 0.717) is 6.54 Å². The zero-order chi connectivity index (χ0) is 16.1. The molecule has 1 aromatic rings.